The summed E-state index contributed by atoms with van der Waals surface area (Å²) in [6.45, 7) is 13.6. The first-order valence-corrected chi connectivity index (χ1v) is 12.0. The van der Waals surface area contributed by atoms with Crippen LogP contribution in [0.1, 0.15) is 73.3 Å². The molecule has 5 N–H and O–H groups in total. The molecule has 9 nitrogen and oxygen atoms in total. The number of nitrogens with one attached hydrogen (secondary N) is 3. The SMILES string of the molecule is CC(NC(C)(C)C)C(=O)C[C@@H](CCCNC(N)=O)C(=O)Nc1ccc(COC(=O)C(C)(C)C)cc1. The van der Waals surface area contributed by atoms with Crippen molar-refractivity contribution >= 4 is 29.4 Å². The second-order valence-corrected chi connectivity index (χ2v) is 10.9. The first kappa shape index (κ1) is 30.1. The monoisotopic (exact) mass is 490 g/mol. The van der Waals surface area contributed by atoms with Gasteiger partial charge in [0.25, 0.3) is 0 Å². The fourth-order valence-corrected chi connectivity index (χ4v) is 3.33. The van der Waals surface area contributed by atoms with Crippen molar-refractivity contribution in [1.29, 1.82) is 0 Å². The molecule has 3 amide bonds. The summed E-state index contributed by atoms with van der Waals surface area (Å²) < 4.78 is 5.32. The Morgan fingerprint density at radius 2 is 1.60 bits per heavy atom. The van der Waals surface area contributed by atoms with Crippen LogP contribution in [-0.4, -0.2) is 41.8 Å². The van der Waals surface area contributed by atoms with Crippen LogP contribution in [0.2, 0.25) is 0 Å². The maximum Gasteiger partial charge on any atom is 0.312 e. The highest BCUT2D eigenvalue weighted by atomic mass is 16.5. The minimum Gasteiger partial charge on any atom is -0.460 e. The van der Waals surface area contributed by atoms with E-state index in [1.165, 1.54) is 0 Å². The average Bonchev–Trinajstić information content (AvgIpc) is 2.72. The fourth-order valence-electron chi connectivity index (χ4n) is 3.33. The Morgan fingerprint density at radius 1 is 1.00 bits per heavy atom. The number of hydrogen-bond acceptors (Lipinski definition) is 6. The summed E-state index contributed by atoms with van der Waals surface area (Å²) in [6, 6.07) is 5.99. The van der Waals surface area contributed by atoms with Gasteiger partial charge >= 0.3 is 12.0 Å². The van der Waals surface area contributed by atoms with Gasteiger partial charge in [0, 0.05) is 30.1 Å². The Morgan fingerprint density at radius 3 is 2.11 bits per heavy atom. The number of primary amides is 1. The molecule has 0 aliphatic carbocycles. The van der Waals surface area contributed by atoms with E-state index >= 15 is 0 Å². The smallest absolute Gasteiger partial charge is 0.312 e. The van der Waals surface area contributed by atoms with Crippen molar-refractivity contribution in [1.82, 2.24) is 10.6 Å². The van der Waals surface area contributed by atoms with E-state index in [2.05, 4.69) is 16.0 Å². The molecule has 9 heteroatoms. The highest BCUT2D eigenvalue weighted by molar-refractivity contribution is 5.96. The second-order valence-electron chi connectivity index (χ2n) is 10.9. The van der Waals surface area contributed by atoms with Gasteiger partial charge in [-0.2, -0.15) is 0 Å². The van der Waals surface area contributed by atoms with Crippen molar-refractivity contribution < 1.29 is 23.9 Å². The van der Waals surface area contributed by atoms with E-state index in [-0.39, 0.29) is 36.2 Å². The van der Waals surface area contributed by atoms with E-state index in [1.807, 2.05) is 20.8 Å². The van der Waals surface area contributed by atoms with Gasteiger partial charge in [0.1, 0.15) is 12.4 Å². The zero-order valence-electron chi connectivity index (χ0n) is 22.1. The number of esters is 1. The summed E-state index contributed by atoms with van der Waals surface area (Å²) >= 11 is 0. The minimum absolute atomic E-state index is 0.0565. The molecule has 35 heavy (non-hydrogen) atoms. The number of benzene rings is 1. The highest BCUT2D eigenvalue weighted by Crippen LogP contribution is 2.20. The van der Waals surface area contributed by atoms with E-state index in [9.17, 15) is 19.2 Å². The Labute approximate surface area is 208 Å². The molecule has 0 fully saturated rings. The number of ketones is 1. The average molecular weight is 491 g/mol. The third-order valence-corrected chi connectivity index (χ3v) is 5.18. The number of carbonyl (C=O) groups is 4. The zero-order valence-corrected chi connectivity index (χ0v) is 22.1. The fraction of sp³-hybridized carbons (Fsp3) is 0.615. The molecule has 1 unspecified atom stereocenters. The number of ether oxygens (including phenoxy) is 1. The number of amides is 3. The van der Waals surface area contributed by atoms with Crippen LogP contribution in [0.25, 0.3) is 0 Å². The van der Waals surface area contributed by atoms with E-state index in [0.717, 1.165) is 5.56 Å². The van der Waals surface area contributed by atoms with Gasteiger partial charge in [0.15, 0.2) is 0 Å². The normalized spacial score (nSPS) is 13.5. The molecule has 196 valence electrons. The first-order chi connectivity index (χ1) is 16.1. The second kappa shape index (κ2) is 13.2. The van der Waals surface area contributed by atoms with Gasteiger partial charge in [-0.25, -0.2) is 4.79 Å². The van der Waals surface area contributed by atoms with Crippen LogP contribution in [0.4, 0.5) is 10.5 Å². The molecule has 1 aromatic rings. The van der Waals surface area contributed by atoms with E-state index in [0.29, 0.717) is 25.1 Å². The molecule has 0 heterocycles. The van der Waals surface area contributed by atoms with Crippen molar-refractivity contribution in [3.63, 3.8) is 0 Å². The number of Topliss-reactive ketones (excluding diaryl/α,β-unsaturated/α-hetero) is 1. The van der Waals surface area contributed by atoms with Gasteiger partial charge in [-0.3, -0.25) is 14.4 Å². The molecular weight excluding hydrogens is 448 g/mol. The number of carbonyl (C=O) groups excluding carboxylic acids is 4. The lowest BCUT2D eigenvalue weighted by molar-refractivity contribution is -0.154. The van der Waals surface area contributed by atoms with Gasteiger partial charge in [0.2, 0.25) is 5.91 Å². The molecule has 2 atom stereocenters. The molecule has 1 rings (SSSR count). The van der Waals surface area contributed by atoms with Gasteiger partial charge in [-0.15, -0.1) is 0 Å². The number of hydrogen-bond donors (Lipinski definition) is 4. The predicted molar refractivity (Wildman–Crippen MR) is 137 cm³/mol. The molecule has 0 saturated carbocycles. The van der Waals surface area contributed by atoms with Crippen LogP contribution in [0.5, 0.6) is 0 Å². The molecule has 0 aliphatic heterocycles. The molecule has 0 saturated heterocycles. The number of urea groups is 1. The van der Waals surface area contributed by atoms with E-state index in [1.54, 1.807) is 52.0 Å². The zero-order chi connectivity index (χ0) is 26.8. The molecular formula is C26H42N4O5. The lowest BCUT2D eigenvalue weighted by Crippen LogP contribution is -2.46. The van der Waals surface area contributed by atoms with Crippen molar-refractivity contribution in [2.24, 2.45) is 17.1 Å². The Kier molecular flexibility index (Phi) is 11.4. The Balaban J connectivity index is 2.79. The largest absolute Gasteiger partial charge is 0.460 e. The van der Waals surface area contributed by atoms with E-state index < -0.39 is 23.4 Å². The topological polar surface area (TPSA) is 140 Å². The number of rotatable bonds is 12. The molecule has 0 bridgehead atoms. The minimum atomic E-state index is -0.627. The predicted octanol–water partition coefficient (Wildman–Crippen LogP) is 3.51. The Hall–Kier alpha value is -2.94. The lowest BCUT2D eigenvalue weighted by Gasteiger charge is -2.26. The standard InChI is InChI=1S/C26H42N4O5/c1-17(30-26(5,6)7)21(31)15-19(9-8-14-28-24(27)34)22(32)29-20-12-10-18(11-13-20)16-35-23(33)25(2,3)4/h10-13,17,19,30H,8-9,14-16H2,1-7H3,(H,29,32)(H3,27,28,34)/t17?,19-/m1/s1. The van der Waals surface area contributed by atoms with Crippen LogP contribution in [0, 0.1) is 11.3 Å². The first-order valence-electron chi connectivity index (χ1n) is 12.0. The summed E-state index contributed by atoms with van der Waals surface area (Å²) in [4.78, 5) is 48.7. The van der Waals surface area contributed by atoms with Crippen LogP contribution in [0.15, 0.2) is 24.3 Å². The summed E-state index contributed by atoms with van der Waals surface area (Å²) in [7, 11) is 0. The molecule has 0 spiro atoms. The third-order valence-electron chi connectivity index (χ3n) is 5.18. The van der Waals surface area contributed by atoms with Crippen LogP contribution < -0.4 is 21.7 Å². The Bertz CT molecular complexity index is 869. The van der Waals surface area contributed by atoms with Crippen molar-refractivity contribution in [2.75, 3.05) is 11.9 Å². The van der Waals surface area contributed by atoms with Gasteiger partial charge < -0.3 is 26.4 Å². The number of nitrogens with two attached hydrogens (primary N) is 1. The van der Waals surface area contributed by atoms with Crippen molar-refractivity contribution in [3.05, 3.63) is 29.8 Å². The van der Waals surface area contributed by atoms with E-state index in [4.69, 9.17) is 10.5 Å². The third kappa shape index (κ3) is 12.4. The molecule has 0 aliphatic rings. The molecule has 1 aromatic carbocycles. The van der Waals surface area contributed by atoms with Crippen LogP contribution in [-0.2, 0) is 25.7 Å². The molecule has 0 aromatic heterocycles. The van der Waals surface area contributed by atoms with Crippen molar-refractivity contribution in [2.45, 2.75) is 85.9 Å². The maximum absolute atomic E-state index is 13.0. The molecule has 0 radical (unpaired) electrons. The van der Waals surface area contributed by atoms with Gasteiger partial charge in [-0.05, 0) is 79.0 Å². The lowest BCUT2D eigenvalue weighted by atomic mass is 9.92. The maximum atomic E-state index is 13.0. The van der Waals surface area contributed by atoms with Crippen LogP contribution in [0.3, 0.4) is 0 Å². The quantitative estimate of drug-likeness (QED) is 0.261. The van der Waals surface area contributed by atoms with Gasteiger partial charge in [-0.1, -0.05) is 12.1 Å². The summed E-state index contributed by atoms with van der Waals surface area (Å²) in [5, 5.41) is 8.61. The summed E-state index contributed by atoms with van der Waals surface area (Å²) in [5.41, 5.74) is 5.67. The summed E-state index contributed by atoms with van der Waals surface area (Å²) in [6.07, 6.45) is 1.00. The summed E-state index contributed by atoms with van der Waals surface area (Å²) in [5.74, 6) is -1.18. The van der Waals surface area contributed by atoms with Crippen molar-refractivity contribution in [3.8, 4) is 0 Å². The van der Waals surface area contributed by atoms with Gasteiger partial charge in [0.05, 0.1) is 11.5 Å². The van der Waals surface area contributed by atoms with Crippen LogP contribution >= 0.6 is 0 Å². The highest BCUT2D eigenvalue weighted by Gasteiger charge is 2.27. The number of anilines is 1.